The Hall–Kier alpha value is -0.380. The molecule has 1 rings (SSSR count). The van der Waals surface area contributed by atoms with E-state index in [9.17, 15) is 0 Å². The van der Waals surface area contributed by atoms with Gasteiger partial charge in [0.25, 0.3) is 0 Å². The van der Waals surface area contributed by atoms with E-state index in [0.29, 0.717) is 6.54 Å². The number of hydrogen-bond donors (Lipinski definition) is 0. The minimum atomic E-state index is 0.605. The molecule has 0 atom stereocenters. The molecule has 1 heterocycles. The number of hydrogen-bond acceptors (Lipinski definition) is 3. The fraction of sp³-hybridized carbons (Fsp3) is 1.00. The van der Waals surface area contributed by atoms with Gasteiger partial charge in [-0.05, 0) is 36.4 Å². The van der Waals surface area contributed by atoms with E-state index in [1.807, 2.05) is 11.8 Å². The molecule has 5 heteroatoms. The Kier molecular flexibility index (Phi) is 5.83. The van der Waals surface area contributed by atoms with Gasteiger partial charge in [-0.1, -0.05) is 12.0 Å². The van der Waals surface area contributed by atoms with Gasteiger partial charge in [0.1, 0.15) is 0 Å². The van der Waals surface area contributed by atoms with Crippen molar-refractivity contribution in [3.05, 3.63) is 10.4 Å². The zero-order chi connectivity index (χ0) is 10.2. The van der Waals surface area contributed by atoms with Crippen LogP contribution in [0.25, 0.3) is 10.4 Å². The predicted molar refractivity (Wildman–Crippen MR) is 61.6 cm³/mol. The van der Waals surface area contributed by atoms with Crippen LogP contribution >= 0.6 is 11.8 Å². The quantitative estimate of drug-likeness (QED) is 0.401. The van der Waals surface area contributed by atoms with Crippen LogP contribution in [0.4, 0.5) is 0 Å². The zero-order valence-electron chi connectivity index (χ0n) is 8.72. The standard InChI is InChI=1S/C9H18N4S/c1-2-13(6-5-11-12-10)9-3-7-14-8-4-9/h9H,2-8H2,1H3. The Morgan fingerprint density at radius 1 is 1.50 bits per heavy atom. The second kappa shape index (κ2) is 6.98. The summed E-state index contributed by atoms with van der Waals surface area (Å²) in [5, 5.41) is 3.59. The Morgan fingerprint density at radius 2 is 2.21 bits per heavy atom. The smallest absolute Gasteiger partial charge is 0.0385 e. The average Bonchev–Trinajstić information content (AvgIpc) is 2.26. The lowest BCUT2D eigenvalue weighted by Gasteiger charge is -2.32. The van der Waals surface area contributed by atoms with Crippen LogP contribution in [-0.2, 0) is 0 Å². The van der Waals surface area contributed by atoms with Crippen molar-refractivity contribution in [1.29, 1.82) is 0 Å². The van der Waals surface area contributed by atoms with Crippen molar-refractivity contribution in [1.82, 2.24) is 4.90 Å². The highest BCUT2D eigenvalue weighted by Gasteiger charge is 2.19. The van der Waals surface area contributed by atoms with Crippen molar-refractivity contribution < 1.29 is 0 Å². The van der Waals surface area contributed by atoms with E-state index in [1.54, 1.807) is 0 Å². The highest BCUT2D eigenvalue weighted by atomic mass is 32.2. The highest BCUT2D eigenvalue weighted by Crippen LogP contribution is 2.21. The van der Waals surface area contributed by atoms with E-state index in [0.717, 1.165) is 19.1 Å². The zero-order valence-corrected chi connectivity index (χ0v) is 9.54. The fourth-order valence-corrected chi connectivity index (χ4v) is 2.95. The molecule has 0 aromatic heterocycles. The maximum absolute atomic E-state index is 8.20. The van der Waals surface area contributed by atoms with Gasteiger partial charge in [-0.3, -0.25) is 0 Å². The minimum absolute atomic E-state index is 0.605. The molecule has 1 saturated heterocycles. The summed E-state index contributed by atoms with van der Waals surface area (Å²) < 4.78 is 0. The molecule has 0 saturated carbocycles. The summed E-state index contributed by atoms with van der Waals surface area (Å²) in [6.07, 6.45) is 2.57. The van der Waals surface area contributed by atoms with Crippen LogP contribution in [0, 0.1) is 0 Å². The van der Waals surface area contributed by atoms with Gasteiger partial charge in [0.2, 0.25) is 0 Å². The van der Waals surface area contributed by atoms with E-state index >= 15 is 0 Å². The number of likely N-dealkylation sites (N-methyl/N-ethyl adjacent to an activating group) is 1. The van der Waals surface area contributed by atoms with E-state index in [2.05, 4.69) is 21.8 Å². The molecule has 14 heavy (non-hydrogen) atoms. The Labute approximate surface area is 89.7 Å². The van der Waals surface area contributed by atoms with Crippen molar-refractivity contribution in [2.75, 3.05) is 31.1 Å². The SMILES string of the molecule is CCN(CCN=[N+]=[N-])C1CCSCC1. The highest BCUT2D eigenvalue weighted by molar-refractivity contribution is 7.99. The van der Waals surface area contributed by atoms with Gasteiger partial charge >= 0.3 is 0 Å². The lowest BCUT2D eigenvalue weighted by molar-refractivity contribution is 0.200. The van der Waals surface area contributed by atoms with Crippen molar-refractivity contribution in [3.8, 4) is 0 Å². The molecule has 0 aromatic rings. The molecule has 0 radical (unpaired) electrons. The van der Waals surface area contributed by atoms with Crippen molar-refractivity contribution in [2.24, 2.45) is 5.11 Å². The molecule has 1 aliphatic heterocycles. The Bertz CT molecular complexity index is 197. The summed E-state index contributed by atoms with van der Waals surface area (Å²) in [4.78, 5) is 5.22. The van der Waals surface area contributed by atoms with Crippen LogP contribution in [0.1, 0.15) is 19.8 Å². The Morgan fingerprint density at radius 3 is 2.79 bits per heavy atom. The van der Waals surface area contributed by atoms with Crippen LogP contribution in [-0.4, -0.2) is 42.1 Å². The minimum Gasteiger partial charge on any atom is -0.300 e. The number of nitrogens with zero attached hydrogens (tertiary/aromatic N) is 4. The number of thioether (sulfide) groups is 1. The van der Waals surface area contributed by atoms with E-state index in [-0.39, 0.29) is 0 Å². The molecule has 1 aliphatic rings. The van der Waals surface area contributed by atoms with Gasteiger partial charge < -0.3 is 4.90 Å². The predicted octanol–water partition coefficient (Wildman–Crippen LogP) is 2.51. The molecule has 0 N–H and O–H groups in total. The third kappa shape index (κ3) is 3.78. The van der Waals surface area contributed by atoms with E-state index in [4.69, 9.17) is 5.53 Å². The molecule has 0 amide bonds. The summed E-state index contributed by atoms with van der Waals surface area (Å²) in [6.45, 7) is 4.76. The van der Waals surface area contributed by atoms with Crippen LogP contribution in [0.15, 0.2) is 5.11 Å². The number of rotatable bonds is 5. The second-order valence-electron chi connectivity index (χ2n) is 3.43. The summed E-state index contributed by atoms with van der Waals surface area (Å²) in [5.74, 6) is 2.56. The lowest BCUT2D eigenvalue weighted by atomic mass is 10.1. The lowest BCUT2D eigenvalue weighted by Crippen LogP contribution is -2.39. The molecular weight excluding hydrogens is 196 g/mol. The van der Waals surface area contributed by atoms with Crippen molar-refractivity contribution >= 4 is 11.8 Å². The van der Waals surface area contributed by atoms with Gasteiger partial charge in [0, 0.05) is 24.0 Å². The van der Waals surface area contributed by atoms with E-state index < -0.39 is 0 Å². The third-order valence-electron chi connectivity index (χ3n) is 2.66. The second-order valence-corrected chi connectivity index (χ2v) is 4.65. The monoisotopic (exact) mass is 214 g/mol. The summed E-state index contributed by atoms with van der Waals surface area (Å²) in [7, 11) is 0. The fourth-order valence-electron chi connectivity index (χ4n) is 1.87. The maximum atomic E-state index is 8.20. The third-order valence-corrected chi connectivity index (χ3v) is 3.71. The van der Waals surface area contributed by atoms with Crippen LogP contribution in [0.3, 0.4) is 0 Å². The first-order chi connectivity index (χ1) is 6.88. The van der Waals surface area contributed by atoms with Crippen molar-refractivity contribution in [2.45, 2.75) is 25.8 Å². The van der Waals surface area contributed by atoms with Crippen LogP contribution in [0.2, 0.25) is 0 Å². The molecule has 0 bridgehead atoms. The molecular formula is C9H18N4S. The molecule has 0 spiro atoms. The van der Waals surface area contributed by atoms with Crippen molar-refractivity contribution in [3.63, 3.8) is 0 Å². The van der Waals surface area contributed by atoms with E-state index in [1.165, 1.54) is 24.3 Å². The molecule has 0 unspecified atom stereocenters. The van der Waals surface area contributed by atoms with Gasteiger partial charge in [0.05, 0.1) is 0 Å². The van der Waals surface area contributed by atoms with Gasteiger partial charge in [-0.15, -0.1) is 0 Å². The number of azide groups is 1. The van der Waals surface area contributed by atoms with Crippen LogP contribution < -0.4 is 0 Å². The Balaban J connectivity index is 2.31. The van der Waals surface area contributed by atoms with Crippen LogP contribution in [0.5, 0.6) is 0 Å². The normalized spacial score (nSPS) is 18.1. The molecule has 0 aromatic carbocycles. The summed E-state index contributed by atoms with van der Waals surface area (Å²) >= 11 is 2.05. The summed E-state index contributed by atoms with van der Waals surface area (Å²) in [5.41, 5.74) is 8.20. The first-order valence-electron chi connectivity index (χ1n) is 5.21. The molecule has 4 nitrogen and oxygen atoms in total. The van der Waals surface area contributed by atoms with Gasteiger partial charge in [-0.2, -0.15) is 11.8 Å². The van der Waals surface area contributed by atoms with Gasteiger partial charge in [0.15, 0.2) is 0 Å². The largest absolute Gasteiger partial charge is 0.300 e. The molecule has 80 valence electrons. The average molecular weight is 214 g/mol. The van der Waals surface area contributed by atoms with Gasteiger partial charge in [-0.25, -0.2) is 0 Å². The maximum Gasteiger partial charge on any atom is 0.0385 e. The first kappa shape index (κ1) is 11.7. The molecule has 1 fully saturated rings. The topological polar surface area (TPSA) is 52.0 Å². The molecule has 0 aliphatic carbocycles. The first-order valence-corrected chi connectivity index (χ1v) is 6.36. The summed E-state index contributed by atoms with van der Waals surface area (Å²) in [6, 6.07) is 0.718.